The van der Waals surface area contributed by atoms with E-state index in [4.69, 9.17) is 11.6 Å². The number of nitrogens with zero attached hydrogens (tertiary/aromatic N) is 3. The number of carbonyl (C=O) groups excluding carboxylic acids is 1. The van der Waals surface area contributed by atoms with Crippen molar-refractivity contribution < 1.29 is 39.9 Å². The molecule has 2 aliphatic heterocycles. The summed E-state index contributed by atoms with van der Waals surface area (Å²) in [5.41, 5.74) is -1.14. The molecular formula is C30H17ClF8N6O. The minimum Gasteiger partial charge on any atom is -0.339 e. The molecule has 0 saturated heterocycles. The number of carbonyl (C=O) groups is 1. The largest absolute Gasteiger partial charge is 0.432 e. The van der Waals surface area contributed by atoms with Crippen LogP contribution in [0.5, 0.6) is 0 Å². The molecule has 0 radical (unpaired) electrons. The summed E-state index contributed by atoms with van der Waals surface area (Å²) in [5, 5.41) is 11.0. The number of nitrogens with one attached hydrogen (secondary N) is 3. The Balaban J connectivity index is 1.51. The Morgan fingerprint density at radius 3 is 2.43 bits per heavy atom. The summed E-state index contributed by atoms with van der Waals surface area (Å²) in [7, 11) is 0. The van der Waals surface area contributed by atoms with E-state index in [0.717, 1.165) is 36.5 Å². The molecule has 0 spiro atoms. The summed E-state index contributed by atoms with van der Waals surface area (Å²) in [4.78, 5) is 18.8. The van der Waals surface area contributed by atoms with E-state index in [0.29, 0.717) is 11.6 Å². The number of pyridine rings is 1. The van der Waals surface area contributed by atoms with Crippen molar-refractivity contribution in [1.82, 2.24) is 20.5 Å². The number of aromatic nitrogens is 3. The lowest BCUT2D eigenvalue weighted by Gasteiger charge is -2.35. The maximum Gasteiger partial charge on any atom is 0.432 e. The third-order valence-corrected chi connectivity index (χ3v) is 8.28. The Hall–Kier alpha value is -4.92. The Labute approximate surface area is 258 Å². The van der Waals surface area contributed by atoms with Crippen molar-refractivity contribution in [2.45, 2.75) is 24.8 Å². The van der Waals surface area contributed by atoms with Crippen LogP contribution in [-0.4, -0.2) is 27.8 Å². The fourth-order valence-corrected chi connectivity index (χ4v) is 6.24. The van der Waals surface area contributed by atoms with Crippen LogP contribution in [0, 0.1) is 11.6 Å². The number of amides is 2. The number of alkyl halides is 6. The summed E-state index contributed by atoms with van der Waals surface area (Å²) < 4.78 is 111. The van der Waals surface area contributed by atoms with Gasteiger partial charge in [0, 0.05) is 45.5 Å². The maximum atomic E-state index is 14.6. The maximum absolute atomic E-state index is 14.6. The number of benzene rings is 3. The molecule has 1 unspecified atom stereocenters. The van der Waals surface area contributed by atoms with Gasteiger partial charge in [0.15, 0.2) is 0 Å². The molecule has 236 valence electrons. The van der Waals surface area contributed by atoms with E-state index in [1.165, 1.54) is 17.0 Å². The standard InChI is InChI=1S/C30H17ClF8N6O/c31-20-2-1-12(32)7-18(20)25-24-22(41-27-17-8-13(33)9-19(29(34,35)36)14(17)3-5-40-27)10-16(21-11-23(44-43-21)30(37,38)39)15-4-6-45(26(15)24)28(46)42-25/h1-3,5,7-11,25H,4,6H2,(H,40,41)(H,42,46)(H,43,44). The van der Waals surface area contributed by atoms with Crippen molar-refractivity contribution in [3.63, 3.8) is 0 Å². The molecule has 0 bridgehead atoms. The molecule has 46 heavy (non-hydrogen) atoms. The molecule has 3 aromatic carbocycles. The molecule has 0 saturated carbocycles. The number of rotatable bonds is 4. The van der Waals surface area contributed by atoms with Gasteiger partial charge < -0.3 is 10.6 Å². The quantitative estimate of drug-likeness (QED) is 0.168. The van der Waals surface area contributed by atoms with Crippen molar-refractivity contribution in [3.05, 3.63) is 99.3 Å². The van der Waals surface area contributed by atoms with Gasteiger partial charge in [0.2, 0.25) is 0 Å². The number of halogens is 9. The van der Waals surface area contributed by atoms with Gasteiger partial charge in [0.1, 0.15) is 23.1 Å². The zero-order valence-corrected chi connectivity index (χ0v) is 23.6. The second-order valence-electron chi connectivity index (χ2n) is 10.7. The lowest BCUT2D eigenvalue weighted by atomic mass is 9.88. The van der Waals surface area contributed by atoms with Gasteiger partial charge >= 0.3 is 18.4 Å². The van der Waals surface area contributed by atoms with Gasteiger partial charge in [0.25, 0.3) is 0 Å². The van der Waals surface area contributed by atoms with E-state index in [-0.39, 0.29) is 68.3 Å². The third-order valence-electron chi connectivity index (χ3n) is 7.93. The van der Waals surface area contributed by atoms with Crippen LogP contribution in [0.1, 0.15) is 34.0 Å². The normalized spacial score (nSPS) is 16.2. The van der Waals surface area contributed by atoms with Crippen LogP contribution >= 0.6 is 11.6 Å². The van der Waals surface area contributed by atoms with Gasteiger partial charge in [-0.2, -0.15) is 31.4 Å². The number of hydrogen-bond donors (Lipinski definition) is 3. The van der Waals surface area contributed by atoms with Gasteiger partial charge in [0.05, 0.1) is 23.0 Å². The van der Waals surface area contributed by atoms with E-state index in [1.807, 2.05) is 5.10 Å². The molecular weight excluding hydrogens is 648 g/mol. The Morgan fingerprint density at radius 1 is 0.935 bits per heavy atom. The predicted octanol–water partition coefficient (Wildman–Crippen LogP) is 8.51. The van der Waals surface area contributed by atoms with E-state index in [2.05, 4.69) is 20.7 Å². The smallest absolute Gasteiger partial charge is 0.339 e. The summed E-state index contributed by atoms with van der Waals surface area (Å²) in [5.74, 6) is -2.10. The first-order chi connectivity index (χ1) is 21.7. The third kappa shape index (κ3) is 4.85. The average Bonchev–Trinajstić information content (AvgIpc) is 3.65. The van der Waals surface area contributed by atoms with Gasteiger partial charge in [-0.15, -0.1) is 0 Å². The average molecular weight is 665 g/mol. The lowest BCUT2D eigenvalue weighted by molar-refractivity contribution is -0.141. The van der Waals surface area contributed by atoms with Crippen molar-refractivity contribution in [3.8, 4) is 11.3 Å². The number of hydrogen-bond acceptors (Lipinski definition) is 4. The molecule has 1 atom stereocenters. The molecule has 5 aromatic rings. The minimum atomic E-state index is -4.91. The summed E-state index contributed by atoms with van der Waals surface area (Å²) in [6.45, 7) is 0.122. The molecule has 0 aliphatic carbocycles. The highest BCUT2D eigenvalue weighted by Gasteiger charge is 2.42. The fraction of sp³-hybridized carbons (Fsp3) is 0.167. The number of anilines is 3. The second kappa shape index (κ2) is 10.3. The highest BCUT2D eigenvalue weighted by Crippen LogP contribution is 2.51. The van der Waals surface area contributed by atoms with Crippen LogP contribution in [-0.2, 0) is 18.8 Å². The highest BCUT2D eigenvalue weighted by atomic mass is 35.5. The van der Waals surface area contributed by atoms with Gasteiger partial charge in [-0.05, 0) is 65.9 Å². The molecule has 4 heterocycles. The minimum absolute atomic E-state index is 0.0559. The van der Waals surface area contributed by atoms with E-state index >= 15 is 0 Å². The Bertz CT molecular complexity index is 2080. The number of urea groups is 1. The van der Waals surface area contributed by atoms with Crippen LogP contribution in [0.25, 0.3) is 22.0 Å². The van der Waals surface area contributed by atoms with E-state index in [1.54, 1.807) is 0 Å². The first-order valence-electron chi connectivity index (χ1n) is 13.5. The molecule has 2 aromatic heterocycles. The van der Waals surface area contributed by atoms with E-state index < -0.39 is 47.3 Å². The van der Waals surface area contributed by atoms with Gasteiger partial charge in [-0.3, -0.25) is 10.00 Å². The molecule has 2 amide bonds. The van der Waals surface area contributed by atoms with Crippen molar-refractivity contribution in [2.75, 3.05) is 16.8 Å². The number of H-pyrrole nitrogens is 1. The SMILES string of the molecule is O=C1NC(c2cc(F)ccc2Cl)c2c(Nc3nccc4c(C(F)(F)F)cc(F)cc34)cc(-c3cc(C(F)(F)F)[nH]n3)c3c2N1CC3. The Morgan fingerprint density at radius 2 is 1.72 bits per heavy atom. The monoisotopic (exact) mass is 664 g/mol. The topological polar surface area (TPSA) is 85.9 Å². The molecule has 7 nitrogen and oxygen atoms in total. The summed E-state index contributed by atoms with van der Waals surface area (Å²) >= 11 is 6.44. The summed E-state index contributed by atoms with van der Waals surface area (Å²) in [6, 6.07) is 6.25. The molecule has 7 rings (SSSR count). The van der Waals surface area contributed by atoms with E-state index in [9.17, 15) is 39.9 Å². The zero-order valence-electron chi connectivity index (χ0n) is 22.8. The highest BCUT2D eigenvalue weighted by molar-refractivity contribution is 6.31. The van der Waals surface area contributed by atoms with Crippen LogP contribution in [0.15, 0.2) is 54.7 Å². The first kappa shape index (κ1) is 29.8. The number of fused-ring (bicyclic) bond motifs is 1. The molecule has 16 heteroatoms. The predicted molar refractivity (Wildman–Crippen MR) is 152 cm³/mol. The summed E-state index contributed by atoms with van der Waals surface area (Å²) in [6.07, 6.45) is -8.38. The molecule has 3 N–H and O–H groups in total. The molecule has 2 aliphatic rings. The first-order valence-corrected chi connectivity index (χ1v) is 13.9. The number of aromatic amines is 1. The van der Waals surface area contributed by atoms with Crippen LogP contribution in [0.3, 0.4) is 0 Å². The lowest BCUT2D eigenvalue weighted by Crippen LogP contribution is -2.46. The van der Waals surface area contributed by atoms with Crippen molar-refractivity contribution in [1.29, 1.82) is 0 Å². The van der Waals surface area contributed by atoms with Crippen LogP contribution in [0.4, 0.5) is 57.1 Å². The molecule has 0 fully saturated rings. The fourth-order valence-electron chi connectivity index (χ4n) is 6.01. The Kier molecular flexibility index (Phi) is 6.67. The zero-order chi connectivity index (χ0) is 32.7. The van der Waals surface area contributed by atoms with Crippen molar-refractivity contribution in [2.24, 2.45) is 0 Å². The van der Waals surface area contributed by atoms with Crippen molar-refractivity contribution >= 4 is 45.6 Å². The van der Waals surface area contributed by atoms with Crippen LogP contribution < -0.4 is 15.5 Å². The van der Waals surface area contributed by atoms with Crippen LogP contribution in [0.2, 0.25) is 5.02 Å². The second-order valence-corrected chi connectivity index (χ2v) is 11.1. The van der Waals surface area contributed by atoms with Gasteiger partial charge in [-0.1, -0.05) is 11.6 Å². The van der Waals surface area contributed by atoms with Gasteiger partial charge in [-0.25, -0.2) is 18.6 Å².